The molecular weight excluding hydrogens is 562 g/mol. The Morgan fingerprint density at radius 2 is 0.911 bits per heavy atom. The van der Waals surface area contributed by atoms with Crippen LogP contribution in [0, 0.1) is 0 Å². The summed E-state index contributed by atoms with van der Waals surface area (Å²) in [5, 5.41) is 43.5. The van der Waals surface area contributed by atoms with E-state index in [1.807, 2.05) is 0 Å². The average Bonchev–Trinajstić information content (AvgIpc) is 3.04. The molecule has 0 aliphatic carbocycles. The maximum absolute atomic E-state index is 12.4. The van der Waals surface area contributed by atoms with E-state index in [-0.39, 0.29) is 0 Å². The van der Waals surface area contributed by atoms with Gasteiger partial charge in [0.15, 0.2) is 0 Å². The first kappa shape index (κ1) is 44.0. The number of allylic oxidation sites excluding steroid dienone is 2. The molecule has 268 valence electrons. The summed E-state index contributed by atoms with van der Waals surface area (Å²) in [4.78, 5) is 12.4. The number of amides is 1. The van der Waals surface area contributed by atoms with E-state index in [4.69, 9.17) is 0 Å². The number of hydrogen-bond donors (Lipinski definition) is 5. The molecule has 0 saturated heterocycles. The fourth-order valence-electron chi connectivity index (χ4n) is 6.05. The van der Waals surface area contributed by atoms with Gasteiger partial charge in [0.1, 0.15) is 12.2 Å². The highest BCUT2D eigenvalue weighted by atomic mass is 16.3. The lowest BCUT2D eigenvalue weighted by atomic mass is 10.00. The molecule has 0 spiro atoms. The molecule has 45 heavy (non-hydrogen) atoms. The van der Waals surface area contributed by atoms with Crippen molar-refractivity contribution >= 4 is 5.91 Å². The van der Waals surface area contributed by atoms with Crippen LogP contribution in [0.1, 0.15) is 200 Å². The summed E-state index contributed by atoms with van der Waals surface area (Å²) in [6, 6.07) is -0.995. The normalized spacial score (nSPS) is 14.5. The third-order valence-corrected chi connectivity index (χ3v) is 9.23. The van der Waals surface area contributed by atoms with Crippen molar-refractivity contribution in [3.8, 4) is 0 Å². The third kappa shape index (κ3) is 29.0. The van der Waals surface area contributed by atoms with Crippen LogP contribution in [0.5, 0.6) is 0 Å². The van der Waals surface area contributed by atoms with Crippen LogP contribution in [0.15, 0.2) is 12.2 Å². The second kappa shape index (κ2) is 34.4. The summed E-state index contributed by atoms with van der Waals surface area (Å²) in [6.45, 7) is 4.02. The number of hydrogen-bond acceptors (Lipinski definition) is 5. The van der Waals surface area contributed by atoms with Gasteiger partial charge in [0.05, 0.1) is 18.8 Å². The van der Waals surface area contributed by atoms with E-state index in [0.29, 0.717) is 12.8 Å². The summed E-state index contributed by atoms with van der Waals surface area (Å²) in [7, 11) is 0. The van der Waals surface area contributed by atoms with Gasteiger partial charge in [-0.2, -0.15) is 0 Å². The SMILES string of the molecule is CCCCCCCCCCCC/C=C/CCCC(O)C(O)C(CO)NC(=O)C(O)CCCCCCCCCCCCCCCC. The Hall–Kier alpha value is -0.950. The second-order valence-corrected chi connectivity index (χ2v) is 13.6. The molecule has 6 nitrogen and oxygen atoms in total. The maximum atomic E-state index is 12.4. The van der Waals surface area contributed by atoms with Crippen LogP contribution in [0.3, 0.4) is 0 Å². The Bertz CT molecular complexity index is 643. The predicted molar refractivity (Wildman–Crippen MR) is 191 cm³/mol. The summed E-state index contributed by atoms with van der Waals surface area (Å²) < 4.78 is 0. The molecule has 0 radical (unpaired) electrons. The summed E-state index contributed by atoms with van der Waals surface area (Å²) >= 11 is 0. The number of carbonyl (C=O) groups is 1. The minimum Gasteiger partial charge on any atom is -0.394 e. The van der Waals surface area contributed by atoms with Gasteiger partial charge in [0.2, 0.25) is 5.91 Å². The van der Waals surface area contributed by atoms with Gasteiger partial charge in [0, 0.05) is 0 Å². The predicted octanol–water partition coefficient (Wildman–Crippen LogP) is 9.46. The molecule has 6 heteroatoms. The maximum Gasteiger partial charge on any atom is 0.249 e. The molecule has 0 aromatic carbocycles. The highest BCUT2D eigenvalue weighted by Crippen LogP contribution is 2.15. The van der Waals surface area contributed by atoms with Crippen molar-refractivity contribution < 1.29 is 25.2 Å². The number of aliphatic hydroxyl groups is 4. The first-order valence-corrected chi connectivity index (χ1v) is 19.6. The molecule has 0 rings (SSSR count). The smallest absolute Gasteiger partial charge is 0.249 e. The van der Waals surface area contributed by atoms with Crippen LogP contribution >= 0.6 is 0 Å². The van der Waals surface area contributed by atoms with Gasteiger partial charge in [0.25, 0.3) is 0 Å². The van der Waals surface area contributed by atoms with Gasteiger partial charge in [-0.15, -0.1) is 0 Å². The van der Waals surface area contributed by atoms with E-state index in [0.717, 1.165) is 38.5 Å². The molecule has 4 unspecified atom stereocenters. The van der Waals surface area contributed by atoms with Crippen molar-refractivity contribution in [2.24, 2.45) is 0 Å². The zero-order valence-corrected chi connectivity index (χ0v) is 29.9. The molecule has 0 aromatic rings. The summed E-state index contributed by atoms with van der Waals surface area (Å²) in [5.74, 6) is -0.593. The number of unbranched alkanes of at least 4 members (excludes halogenated alkanes) is 24. The number of nitrogens with one attached hydrogen (secondary N) is 1. The van der Waals surface area contributed by atoms with Crippen LogP contribution in [-0.2, 0) is 4.79 Å². The number of rotatable bonds is 35. The van der Waals surface area contributed by atoms with Crippen LogP contribution < -0.4 is 5.32 Å². The summed E-state index contributed by atoms with van der Waals surface area (Å²) in [5.41, 5.74) is 0. The molecule has 4 atom stereocenters. The monoisotopic (exact) mass is 640 g/mol. The van der Waals surface area contributed by atoms with Crippen molar-refractivity contribution in [3.05, 3.63) is 12.2 Å². The van der Waals surface area contributed by atoms with Gasteiger partial charge in [-0.05, 0) is 38.5 Å². The molecule has 0 aliphatic rings. The number of carbonyl (C=O) groups excluding carboxylic acids is 1. The second-order valence-electron chi connectivity index (χ2n) is 13.6. The standard InChI is InChI=1S/C39H77NO5/c1-3-5-7-9-11-13-15-17-19-21-22-24-26-28-30-32-36(42)38(44)35(34-41)40-39(45)37(43)33-31-29-27-25-23-20-18-16-14-12-10-8-6-4-2/h24,26,35-38,41-44H,3-23,25,27-34H2,1-2H3,(H,40,45)/b26-24+. The lowest BCUT2D eigenvalue weighted by Gasteiger charge is -2.27. The van der Waals surface area contributed by atoms with E-state index in [1.54, 1.807) is 0 Å². The molecule has 1 amide bonds. The molecule has 0 bridgehead atoms. The van der Waals surface area contributed by atoms with Gasteiger partial charge in [-0.1, -0.05) is 174 Å². The molecule has 0 heterocycles. The van der Waals surface area contributed by atoms with E-state index in [9.17, 15) is 25.2 Å². The van der Waals surface area contributed by atoms with Gasteiger partial charge < -0.3 is 25.7 Å². The fraction of sp³-hybridized carbons (Fsp3) is 0.923. The Kier molecular flexibility index (Phi) is 33.7. The fourth-order valence-corrected chi connectivity index (χ4v) is 6.05. The lowest BCUT2D eigenvalue weighted by molar-refractivity contribution is -0.132. The molecule has 0 fully saturated rings. The number of aliphatic hydroxyl groups excluding tert-OH is 4. The Morgan fingerprint density at radius 3 is 1.33 bits per heavy atom. The van der Waals surface area contributed by atoms with Crippen LogP contribution in [0.25, 0.3) is 0 Å². The van der Waals surface area contributed by atoms with Crippen LogP contribution in [0.2, 0.25) is 0 Å². The topological polar surface area (TPSA) is 110 Å². The first-order valence-electron chi connectivity index (χ1n) is 19.6. The van der Waals surface area contributed by atoms with E-state index in [1.165, 1.54) is 135 Å². The Balaban J connectivity index is 3.82. The van der Waals surface area contributed by atoms with Crippen molar-refractivity contribution in [1.82, 2.24) is 5.32 Å². The minimum absolute atomic E-state index is 0.367. The minimum atomic E-state index is -1.28. The highest BCUT2D eigenvalue weighted by Gasteiger charge is 2.28. The van der Waals surface area contributed by atoms with Crippen LogP contribution in [-0.4, -0.2) is 57.3 Å². The first-order chi connectivity index (χ1) is 22.0. The third-order valence-electron chi connectivity index (χ3n) is 9.23. The van der Waals surface area contributed by atoms with Crippen molar-refractivity contribution in [2.45, 2.75) is 224 Å². The Labute approximate surface area is 279 Å². The molecular formula is C39H77NO5. The van der Waals surface area contributed by atoms with Gasteiger partial charge in [-0.3, -0.25) is 4.79 Å². The van der Waals surface area contributed by atoms with Crippen molar-refractivity contribution in [2.75, 3.05) is 6.61 Å². The highest BCUT2D eigenvalue weighted by molar-refractivity contribution is 5.80. The van der Waals surface area contributed by atoms with E-state index < -0.39 is 36.9 Å². The van der Waals surface area contributed by atoms with Crippen molar-refractivity contribution in [1.29, 1.82) is 0 Å². The zero-order valence-electron chi connectivity index (χ0n) is 29.9. The molecule has 0 aliphatic heterocycles. The van der Waals surface area contributed by atoms with Gasteiger partial charge >= 0.3 is 0 Å². The quantitative estimate of drug-likeness (QED) is 0.0350. The average molecular weight is 640 g/mol. The van der Waals surface area contributed by atoms with Gasteiger partial charge in [-0.25, -0.2) is 0 Å². The lowest BCUT2D eigenvalue weighted by Crippen LogP contribution is -2.53. The summed E-state index contributed by atoms with van der Waals surface area (Å²) in [6.07, 6.45) is 35.2. The van der Waals surface area contributed by atoms with E-state index >= 15 is 0 Å². The zero-order chi connectivity index (χ0) is 33.2. The van der Waals surface area contributed by atoms with Crippen molar-refractivity contribution in [3.63, 3.8) is 0 Å². The Morgan fingerprint density at radius 1 is 0.533 bits per heavy atom. The van der Waals surface area contributed by atoms with E-state index in [2.05, 4.69) is 31.3 Å². The molecule has 5 N–H and O–H groups in total. The molecule has 0 aromatic heterocycles. The van der Waals surface area contributed by atoms with Crippen LogP contribution in [0.4, 0.5) is 0 Å². The molecule has 0 saturated carbocycles. The largest absolute Gasteiger partial charge is 0.394 e.